The number of rotatable bonds is 5. The standard InChI is InChI=1S/C16H11Br3N6O2/c17-11-6-12(18)15(27)14(19)10(11)7-20-21-13(26)8-25-23-16(22-24-25)9-4-2-1-3-5-9/h1-7,27H,8H2,(H,21,26)/b20-7-. The van der Waals surface area contributed by atoms with Crippen molar-refractivity contribution in [3.63, 3.8) is 0 Å². The van der Waals surface area contributed by atoms with Crippen molar-refractivity contribution in [2.45, 2.75) is 6.54 Å². The Morgan fingerprint density at radius 2 is 1.96 bits per heavy atom. The SMILES string of the molecule is O=C(Cn1nnc(-c2ccccc2)n1)N/N=C\c1c(Br)cc(Br)c(O)c1Br. The molecule has 0 aliphatic carbocycles. The molecule has 2 aromatic carbocycles. The molecule has 0 unspecified atom stereocenters. The number of amides is 1. The number of nitrogens with zero attached hydrogens (tertiary/aromatic N) is 5. The van der Waals surface area contributed by atoms with Gasteiger partial charge in [0.15, 0.2) is 0 Å². The van der Waals surface area contributed by atoms with Gasteiger partial charge < -0.3 is 5.11 Å². The molecule has 1 amide bonds. The number of aromatic nitrogens is 4. The van der Waals surface area contributed by atoms with E-state index in [9.17, 15) is 9.90 Å². The van der Waals surface area contributed by atoms with Gasteiger partial charge in [0.05, 0.1) is 15.2 Å². The van der Waals surface area contributed by atoms with Crippen molar-refractivity contribution in [2.24, 2.45) is 5.10 Å². The number of halogens is 3. The predicted octanol–water partition coefficient (Wildman–Crippen LogP) is 3.48. The summed E-state index contributed by atoms with van der Waals surface area (Å²) >= 11 is 9.88. The van der Waals surface area contributed by atoms with Crippen LogP contribution in [0.4, 0.5) is 0 Å². The van der Waals surface area contributed by atoms with E-state index in [-0.39, 0.29) is 12.3 Å². The first-order valence-corrected chi connectivity index (χ1v) is 9.85. The van der Waals surface area contributed by atoms with Crippen LogP contribution in [-0.2, 0) is 11.3 Å². The smallest absolute Gasteiger partial charge is 0.263 e. The van der Waals surface area contributed by atoms with Crippen molar-refractivity contribution in [1.82, 2.24) is 25.6 Å². The lowest BCUT2D eigenvalue weighted by Gasteiger charge is -2.06. The van der Waals surface area contributed by atoms with Gasteiger partial charge >= 0.3 is 0 Å². The van der Waals surface area contributed by atoms with Crippen LogP contribution in [0.25, 0.3) is 11.4 Å². The van der Waals surface area contributed by atoms with Gasteiger partial charge in [-0.05, 0) is 43.1 Å². The molecule has 1 aromatic heterocycles. The molecule has 0 bridgehead atoms. The maximum absolute atomic E-state index is 12.0. The molecule has 8 nitrogen and oxygen atoms in total. The summed E-state index contributed by atoms with van der Waals surface area (Å²) in [4.78, 5) is 13.2. The van der Waals surface area contributed by atoms with E-state index in [1.165, 1.54) is 11.0 Å². The molecule has 0 saturated carbocycles. The molecule has 0 aliphatic rings. The van der Waals surface area contributed by atoms with E-state index in [2.05, 4.69) is 73.7 Å². The Morgan fingerprint density at radius 1 is 1.22 bits per heavy atom. The van der Waals surface area contributed by atoms with Gasteiger partial charge in [0.2, 0.25) is 5.82 Å². The number of aromatic hydroxyl groups is 1. The fourth-order valence-electron chi connectivity index (χ4n) is 2.06. The lowest BCUT2D eigenvalue weighted by Crippen LogP contribution is -2.24. The first-order valence-electron chi connectivity index (χ1n) is 7.47. The van der Waals surface area contributed by atoms with Crippen molar-refractivity contribution in [1.29, 1.82) is 0 Å². The topological polar surface area (TPSA) is 105 Å². The number of benzene rings is 2. The number of hydrogen-bond donors (Lipinski definition) is 2. The maximum Gasteiger partial charge on any atom is 0.263 e. The summed E-state index contributed by atoms with van der Waals surface area (Å²) in [7, 11) is 0. The Balaban J connectivity index is 1.63. The molecule has 0 aliphatic heterocycles. The Kier molecular flexibility index (Phi) is 6.34. The zero-order valence-electron chi connectivity index (χ0n) is 13.5. The third-order valence-electron chi connectivity index (χ3n) is 3.33. The summed E-state index contributed by atoms with van der Waals surface area (Å²) in [5, 5.41) is 25.8. The minimum atomic E-state index is -0.420. The highest BCUT2D eigenvalue weighted by atomic mass is 79.9. The summed E-state index contributed by atoms with van der Waals surface area (Å²) in [6.45, 7) is -0.134. The maximum atomic E-state index is 12.0. The molecule has 138 valence electrons. The second kappa shape index (κ2) is 8.72. The number of phenols is 1. The largest absolute Gasteiger partial charge is 0.506 e. The van der Waals surface area contributed by atoms with Crippen LogP contribution < -0.4 is 5.43 Å². The number of hydrazone groups is 1. The van der Waals surface area contributed by atoms with E-state index in [1.54, 1.807) is 6.07 Å². The van der Waals surface area contributed by atoms with Gasteiger partial charge in [-0.25, -0.2) is 5.43 Å². The second-order valence-corrected chi connectivity index (χ2v) is 7.72. The van der Waals surface area contributed by atoms with Gasteiger partial charge in [-0.1, -0.05) is 46.3 Å². The van der Waals surface area contributed by atoms with Crippen molar-refractivity contribution >= 4 is 59.9 Å². The zero-order valence-corrected chi connectivity index (χ0v) is 18.2. The van der Waals surface area contributed by atoms with Gasteiger partial charge in [0.25, 0.3) is 5.91 Å². The average Bonchev–Trinajstić information content (AvgIpc) is 3.12. The Morgan fingerprint density at radius 3 is 2.70 bits per heavy atom. The molecule has 27 heavy (non-hydrogen) atoms. The summed E-state index contributed by atoms with van der Waals surface area (Å²) < 4.78 is 1.64. The number of phenolic OH excluding ortho intramolecular Hbond substituents is 1. The third kappa shape index (κ3) is 4.79. The summed E-state index contributed by atoms with van der Waals surface area (Å²) in [6, 6.07) is 11.0. The third-order valence-corrected chi connectivity index (χ3v) is 5.40. The van der Waals surface area contributed by atoms with Gasteiger partial charge in [0, 0.05) is 15.6 Å². The van der Waals surface area contributed by atoms with Gasteiger partial charge in [0.1, 0.15) is 12.3 Å². The number of tetrazole rings is 1. The highest BCUT2D eigenvalue weighted by Crippen LogP contribution is 2.38. The number of hydrogen-bond acceptors (Lipinski definition) is 6. The van der Waals surface area contributed by atoms with Crippen LogP contribution in [0.1, 0.15) is 5.56 Å². The lowest BCUT2D eigenvalue weighted by molar-refractivity contribution is -0.122. The molecular formula is C16H11Br3N6O2. The van der Waals surface area contributed by atoms with Crippen LogP contribution in [0.2, 0.25) is 0 Å². The summed E-state index contributed by atoms with van der Waals surface area (Å²) in [5.74, 6) is 0.0492. The fourth-order valence-corrected chi connectivity index (χ4v) is 4.38. The molecular weight excluding hydrogens is 548 g/mol. The highest BCUT2D eigenvalue weighted by molar-refractivity contribution is 9.11. The van der Waals surface area contributed by atoms with Crippen molar-refractivity contribution in [2.75, 3.05) is 0 Å². The normalized spacial score (nSPS) is 11.1. The zero-order chi connectivity index (χ0) is 19.4. The Hall–Kier alpha value is -2.11. The number of nitrogens with one attached hydrogen (secondary N) is 1. The Labute approximate surface area is 179 Å². The van der Waals surface area contributed by atoms with E-state index < -0.39 is 5.91 Å². The molecule has 0 atom stereocenters. The van der Waals surface area contributed by atoms with Gasteiger partial charge in [-0.15, -0.1) is 10.2 Å². The molecule has 0 spiro atoms. The molecule has 0 radical (unpaired) electrons. The molecule has 3 rings (SSSR count). The lowest BCUT2D eigenvalue weighted by atomic mass is 10.2. The molecule has 11 heteroatoms. The van der Waals surface area contributed by atoms with Gasteiger partial charge in [-0.3, -0.25) is 4.79 Å². The average molecular weight is 559 g/mol. The van der Waals surface area contributed by atoms with E-state index in [0.29, 0.717) is 24.8 Å². The Bertz CT molecular complexity index is 1010. The van der Waals surface area contributed by atoms with Gasteiger partial charge in [-0.2, -0.15) is 9.90 Å². The van der Waals surface area contributed by atoms with Crippen LogP contribution in [0.15, 0.2) is 54.9 Å². The number of carbonyl (C=O) groups is 1. The molecule has 0 fully saturated rings. The monoisotopic (exact) mass is 556 g/mol. The van der Waals surface area contributed by atoms with Crippen LogP contribution in [0, 0.1) is 0 Å². The summed E-state index contributed by atoms with van der Waals surface area (Å²) in [6.07, 6.45) is 1.41. The minimum absolute atomic E-state index is 0.0335. The predicted molar refractivity (Wildman–Crippen MR) is 110 cm³/mol. The van der Waals surface area contributed by atoms with Crippen LogP contribution in [0.3, 0.4) is 0 Å². The van der Waals surface area contributed by atoms with Crippen molar-refractivity contribution in [3.8, 4) is 17.1 Å². The van der Waals surface area contributed by atoms with Crippen LogP contribution in [0.5, 0.6) is 5.75 Å². The first kappa shape index (κ1) is 19.6. The fraction of sp³-hybridized carbons (Fsp3) is 0.0625. The van der Waals surface area contributed by atoms with Crippen molar-refractivity contribution < 1.29 is 9.90 Å². The number of carbonyl (C=O) groups excluding carboxylic acids is 1. The van der Waals surface area contributed by atoms with Crippen LogP contribution in [-0.4, -0.2) is 37.4 Å². The second-order valence-electron chi connectivity index (χ2n) is 5.22. The molecule has 2 N–H and O–H groups in total. The van der Waals surface area contributed by atoms with Crippen molar-refractivity contribution in [3.05, 3.63) is 55.4 Å². The molecule has 0 saturated heterocycles. The quantitative estimate of drug-likeness (QED) is 0.368. The molecule has 3 aromatic rings. The minimum Gasteiger partial charge on any atom is -0.506 e. The highest BCUT2D eigenvalue weighted by Gasteiger charge is 2.12. The molecule has 1 heterocycles. The van der Waals surface area contributed by atoms with E-state index in [4.69, 9.17) is 0 Å². The van der Waals surface area contributed by atoms with E-state index >= 15 is 0 Å². The first-order chi connectivity index (χ1) is 13.0. The van der Waals surface area contributed by atoms with E-state index in [0.717, 1.165) is 5.56 Å². The van der Waals surface area contributed by atoms with E-state index in [1.807, 2.05) is 30.3 Å². The summed E-state index contributed by atoms with van der Waals surface area (Å²) in [5.41, 5.74) is 3.77. The van der Waals surface area contributed by atoms with Crippen LogP contribution >= 0.6 is 47.8 Å².